The lowest BCUT2D eigenvalue weighted by Gasteiger charge is -2.04. The van der Waals surface area contributed by atoms with Crippen molar-refractivity contribution in [3.8, 4) is 0 Å². The van der Waals surface area contributed by atoms with Gasteiger partial charge in [0, 0.05) is 18.8 Å². The molecule has 0 amide bonds. The van der Waals surface area contributed by atoms with Gasteiger partial charge >= 0.3 is 0 Å². The predicted octanol–water partition coefficient (Wildman–Crippen LogP) is 2.12. The molecule has 0 bridgehead atoms. The molecule has 0 fully saturated rings. The molecule has 2 nitrogen and oxygen atoms in total. The molecule has 2 heteroatoms. The van der Waals surface area contributed by atoms with Crippen molar-refractivity contribution in [3.05, 3.63) is 46.4 Å². The molecule has 0 N–H and O–H groups in total. The first-order valence-corrected chi connectivity index (χ1v) is 4.41. The van der Waals surface area contributed by atoms with Gasteiger partial charge in [-0.2, -0.15) is 0 Å². The van der Waals surface area contributed by atoms with Gasteiger partial charge in [0.1, 0.15) is 0 Å². The Morgan fingerprint density at radius 1 is 1.62 bits per heavy atom. The van der Waals surface area contributed by atoms with E-state index in [9.17, 15) is 4.79 Å². The normalized spacial score (nSPS) is 10.0. The highest BCUT2D eigenvalue weighted by Gasteiger charge is 1.95. The Kier molecular flexibility index (Phi) is 3.07. The Morgan fingerprint density at radius 3 is 2.85 bits per heavy atom. The number of aryl methyl sites for hydroxylation is 2. The molecule has 0 spiro atoms. The maximum atomic E-state index is 11.4. The Balaban J connectivity index is 2.78. The Bertz CT molecular complexity index is 363. The van der Waals surface area contributed by atoms with E-state index in [1.54, 1.807) is 10.6 Å². The highest BCUT2D eigenvalue weighted by molar-refractivity contribution is 5.08. The van der Waals surface area contributed by atoms with Gasteiger partial charge in [-0.1, -0.05) is 5.57 Å². The average molecular weight is 177 g/mol. The minimum atomic E-state index is 0.0706. The Morgan fingerprint density at radius 2 is 2.31 bits per heavy atom. The highest BCUT2D eigenvalue weighted by atomic mass is 16.1. The fraction of sp³-hybridized carbons (Fsp3) is 0.364. The second kappa shape index (κ2) is 4.08. The lowest BCUT2D eigenvalue weighted by atomic mass is 10.2. The summed E-state index contributed by atoms with van der Waals surface area (Å²) >= 11 is 0. The molecule has 1 aromatic rings. The van der Waals surface area contributed by atoms with Crippen LogP contribution in [0.4, 0.5) is 0 Å². The van der Waals surface area contributed by atoms with E-state index in [1.165, 1.54) is 0 Å². The molecule has 0 aliphatic heterocycles. The van der Waals surface area contributed by atoms with Crippen molar-refractivity contribution >= 4 is 0 Å². The number of hydrogen-bond donors (Lipinski definition) is 0. The summed E-state index contributed by atoms with van der Waals surface area (Å²) in [5, 5.41) is 0. The summed E-state index contributed by atoms with van der Waals surface area (Å²) in [6.45, 7) is 8.43. The number of rotatable bonds is 3. The van der Waals surface area contributed by atoms with Gasteiger partial charge in [0.15, 0.2) is 0 Å². The van der Waals surface area contributed by atoms with Crippen molar-refractivity contribution in [2.75, 3.05) is 0 Å². The van der Waals surface area contributed by atoms with Crippen LogP contribution in [0.3, 0.4) is 0 Å². The molecule has 0 radical (unpaired) electrons. The molecule has 0 aliphatic rings. The quantitative estimate of drug-likeness (QED) is 0.648. The van der Waals surface area contributed by atoms with Gasteiger partial charge in [-0.15, -0.1) is 6.58 Å². The molecule has 0 aliphatic carbocycles. The third-order valence-corrected chi connectivity index (χ3v) is 1.93. The van der Waals surface area contributed by atoms with Gasteiger partial charge < -0.3 is 4.57 Å². The highest BCUT2D eigenvalue weighted by Crippen LogP contribution is 1.98. The van der Waals surface area contributed by atoms with Crippen LogP contribution in [0, 0.1) is 6.92 Å². The van der Waals surface area contributed by atoms with Gasteiger partial charge in [0.05, 0.1) is 0 Å². The van der Waals surface area contributed by atoms with Gasteiger partial charge in [-0.25, -0.2) is 0 Å². The first-order chi connectivity index (χ1) is 6.09. The molecule has 1 heterocycles. The van der Waals surface area contributed by atoms with Crippen LogP contribution < -0.4 is 5.56 Å². The number of pyridine rings is 1. The van der Waals surface area contributed by atoms with Crippen molar-refractivity contribution in [3.63, 3.8) is 0 Å². The number of allylic oxidation sites excluding steroid dienone is 1. The summed E-state index contributed by atoms with van der Waals surface area (Å²) in [5.41, 5.74) is 2.19. The third-order valence-electron chi connectivity index (χ3n) is 1.93. The van der Waals surface area contributed by atoms with Crippen molar-refractivity contribution in [1.82, 2.24) is 4.57 Å². The van der Waals surface area contributed by atoms with Gasteiger partial charge in [0.2, 0.25) is 0 Å². The molecule has 0 atom stereocenters. The van der Waals surface area contributed by atoms with E-state index in [2.05, 4.69) is 6.58 Å². The number of nitrogens with zero attached hydrogens (tertiary/aromatic N) is 1. The molecular formula is C11H15NO. The zero-order chi connectivity index (χ0) is 9.84. The summed E-state index contributed by atoms with van der Waals surface area (Å²) < 4.78 is 1.71. The number of aromatic nitrogens is 1. The van der Waals surface area contributed by atoms with Crippen LogP contribution in [0.25, 0.3) is 0 Å². The smallest absolute Gasteiger partial charge is 0.250 e. The van der Waals surface area contributed by atoms with Crippen molar-refractivity contribution in [2.45, 2.75) is 26.8 Å². The van der Waals surface area contributed by atoms with Crippen LogP contribution in [0.1, 0.15) is 18.9 Å². The molecule has 0 saturated carbocycles. The van der Waals surface area contributed by atoms with Crippen LogP contribution in [0.15, 0.2) is 35.3 Å². The molecule has 1 aromatic heterocycles. The molecule has 13 heavy (non-hydrogen) atoms. The lowest BCUT2D eigenvalue weighted by molar-refractivity contribution is 0.665. The van der Waals surface area contributed by atoms with Crippen LogP contribution in [0.5, 0.6) is 0 Å². The third kappa shape index (κ3) is 2.90. The van der Waals surface area contributed by atoms with E-state index in [0.29, 0.717) is 0 Å². The largest absolute Gasteiger partial charge is 0.315 e. The van der Waals surface area contributed by atoms with Crippen molar-refractivity contribution in [2.24, 2.45) is 0 Å². The van der Waals surface area contributed by atoms with Crippen LogP contribution in [-0.2, 0) is 6.54 Å². The number of hydrogen-bond acceptors (Lipinski definition) is 1. The fourth-order valence-corrected chi connectivity index (χ4v) is 1.10. The standard InChI is InChI=1S/C11H15NO/c1-9(2)4-6-12-7-5-10(3)8-11(12)13/h5,7-8H,1,4,6H2,2-3H3. The van der Waals surface area contributed by atoms with Crippen molar-refractivity contribution < 1.29 is 0 Å². The van der Waals surface area contributed by atoms with E-state index >= 15 is 0 Å². The van der Waals surface area contributed by atoms with E-state index in [0.717, 1.165) is 24.1 Å². The molecule has 1 rings (SSSR count). The van der Waals surface area contributed by atoms with E-state index in [4.69, 9.17) is 0 Å². The molecule has 0 saturated heterocycles. The van der Waals surface area contributed by atoms with Gasteiger partial charge in [-0.3, -0.25) is 4.79 Å². The minimum Gasteiger partial charge on any atom is -0.315 e. The molecule has 0 aromatic carbocycles. The predicted molar refractivity (Wildman–Crippen MR) is 54.9 cm³/mol. The zero-order valence-electron chi connectivity index (χ0n) is 8.21. The fourth-order valence-electron chi connectivity index (χ4n) is 1.10. The minimum absolute atomic E-state index is 0.0706. The van der Waals surface area contributed by atoms with E-state index in [1.807, 2.05) is 26.1 Å². The topological polar surface area (TPSA) is 22.0 Å². The van der Waals surface area contributed by atoms with E-state index in [-0.39, 0.29) is 5.56 Å². The molecule has 70 valence electrons. The SMILES string of the molecule is C=C(C)CCn1ccc(C)cc1=O. The lowest BCUT2D eigenvalue weighted by Crippen LogP contribution is -2.18. The second-order valence-corrected chi connectivity index (χ2v) is 3.44. The van der Waals surface area contributed by atoms with Crippen LogP contribution in [0.2, 0.25) is 0 Å². The zero-order valence-corrected chi connectivity index (χ0v) is 8.21. The Hall–Kier alpha value is -1.31. The summed E-state index contributed by atoms with van der Waals surface area (Å²) in [5.74, 6) is 0. The average Bonchev–Trinajstić information content (AvgIpc) is 2.02. The van der Waals surface area contributed by atoms with Crippen LogP contribution in [-0.4, -0.2) is 4.57 Å². The van der Waals surface area contributed by atoms with Gasteiger partial charge in [-0.05, 0) is 31.9 Å². The maximum Gasteiger partial charge on any atom is 0.250 e. The summed E-state index contributed by atoms with van der Waals surface area (Å²) in [6, 6.07) is 3.60. The monoisotopic (exact) mass is 177 g/mol. The van der Waals surface area contributed by atoms with E-state index < -0.39 is 0 Å². The van der Waals surface area contributed by atoms with Gasteiger partial charge in [0.25, 0.3) is 5.56 Å². The molecular weight excluding hydrogens is 162 g/mol. The summed E-state index contributed by atoms with van der Waals surface area (Å²) in [6.07, 6.45) is 2.70. The maximum absolute atomic E-state index is 11.4. The molecule has 0 unspecified atom stereocenters. The Labute approximate surface area is 78.5 Å². The van der Waals surface area contributed by atoms with Crippen LogP contribution >= 0.6 is 0 Å². The first kappa shape index (κ1) is 9.78. The second-order valence-electron chi connectivity index (χ2n) is 3.44. The summed E-state index contributed by atoms with van der Waals surface area (Å²) in [7, 11) is 0. The summed E-state index contributed by atoms with van der Waals surface area (Å²) in [4.78, 5) is 11.4. The van der Waals surface area contributed by atoms with Crippen molar-refractivity contribution in [1.29, 1.82) is 0 Å². The first-order valence-electron chi connectivity index (χ1n) is 4.41.